The van der Waals surface area contributed by atoms with Crippen molar-refractivity contribution >= 4 is 16.7 Å². The van der Waals surface area contributed by atoms with E-state index in [9.17, 15) is 9.90 Å². The van der Waals surface area contributed by atoms with E-state index in [4.69, 9.17) is 4.74 Å². The van der Waals surface area contributed by atoms with Gasteiger partial charge in [0.25, 0.3) is 0 Å². The van der Waals surface area contributed by atoms with Crippen LogP contribution in [0.3, 0.4) is 0 Å². The van der Waals surface area contributed by atoms with Crippen LogP contribution < -0.4 is 4.74 Å². The fourth-order valence-electron chi connectivity index (χ4n) is 7.59. The minimum absolute atomic E-state index is 0.260. The van der Waals surface area contributed by atoms with Gasteiger partial charge in [-0.15, -0.1) is 0 Å². The quantitative estimate of drug-likeness (QED) is 0.366. The van der Waals surface area contributed by atoms with Crippen LogP contribution in [0, 0.1) is 11.8 Å². The van der Waals surface area contributed by atoms with Gasteiger partial charge in [-0.05, 0) is 54.5 Å². The molecule has 0 spiro atoms. The topological polar surface area (TPSA) is 53.0 Å². The van der Waals surface area contributed by atoms with Gasteiger partial charge in [-0.2, -0.15) is 0 Å². The Kier molecular flexibility index (Phi) is 8.17. The van der Waals surface area contributed by atoms with Crippen molar-refractivity contribution < 1.29 is 14.6 Å². The van der Waals surface area contributed by atoms with Gasteiger partial charge < -0.3 is 14.7 Å². The van der Waals surface area contributed by atoms with Gasteiger partial charge in [0, 0.05) is 56.5 Å². The predicted molar refractivity (Wildman–Crippen MR) is 156 cm³/mol. The van der Waals surface area contributed by atoms with Crippen LogP contribution in [-0.2, 0) is 4.79 Å². The third-order valence-corrected chi connectivity index (χ3v) is 9.54. The Morgan fingerprint density at radius 2 is 1.56 bits per heavy atom. The second kappa shape index (κ2) is 12.1. The van der Waals surface area contributed by atoms with Gasteiger partial charge >= 0.3 is 5.97 Å². The van der Waals surface area contributed by atoms with Crippen LogP contribution in [0.2, 0.25) is 0 Å². The number of likely N-dealkylation sites (tertiary alicyclic amines) is 2. The highest BCUT2D eigenvalue weighted by Gasteiger charge is 2.41. The van der Waals surface area contributed by atoms with Crippen LogP contribution in [0.15, 0.2) is 72.8 Å². The monoisotopic (exact) mass is 526 g/mol. The second-order valence-electron chi connectivity index (χ2n) is 12.0. The average molecular weight is 527 g/mol. The summed E-state index contributed by atoms with van der Waals surface area (Å²) in [5, 5.41) is 12.0. The van der Waals surface area contributed by atoms with E-state index in [1.807, 2.05) is 0 Å². The summed E-state index contributed by atoms with van der Waals surface area (Å²) in [5.74, 6) is 1.72. The average Bonchev–Trinajstić information content (AvgIpc) is 3.38. The normalized spacial score (nSPS) is 27.1. The third kappa shape index (κ3) is 6.15. The summed E-state index contributed by atoms with van der Waals surface area (Å²) in [6, 6.07) is 26.3. The van der Waals surface area contributed by atoms with E-state index in [-0.39, 0.29) is 12.0 Å². The number of rotatable bonds is 8. The van der Waals surface area contributed by atoms with Crippen molar-refractivity contribution in [3.63, 3.8) is 0 Å². The van der Waals surface area contributed by atoms with Crippen molar-refractivity contribution in [2.24, 2.45) is 11.8 Å². The molecule has 5 heteroatoms. The highest BCUT2D eigenvalue weighted by atomic mass is 16.5. The Labute approximate surface area is 232 Å². The summed E-state index contributed by atoms with van der Waals surface area (Å²) < 4.78 is 6.53. The molecule has 3 aliphatic rings. The van der Waals surface area contributed by atoms with Crippen LogP contribution >= 0.6 is 0 Å². The summed E-state index contributed by atoms with van der Waals surface area (Å²) in [6.45, 7) is 5.37. The van der Waals surface area contributed by atoms with Gasteiger partial charge in [-0.3, -0.25) is 9.69 Å². The Hall–Kier alpha value is -2.89. The minimum Gasteiger partial charge on any atom is -0.490 e. The van der Waals surface area contributed by atoms with Crippen LogP contribution in [0.4, 0.5) is 0 Å². The first-order valence-corrected chi connectivity index (χ1v) is 15.0. The van der Waals surface area contributed by atoms with E-state index in [1.54, 1.807) is 0 Å². The van der Waals surface area contributed by atoms with Crippen molar-refractivity contribution in [2.75, 3.05) is 32.7 Å². The smallest absolute Gasteiger partial charge is 0.303 e. The van der Waals surface area contributed by atoms with Crippen molar-refractivity contribution in [2.45, 2.75) is 63.0 Å². The first-order valence-electron chi connectivity index (χ1n) is 15.0. The van der Waals surface area contributed by atoms with Crippen LogP contribution in [0.5, 0.6) is 5.75 Å². The molecule has 3 aromatic carbocycles. The van der Waals surface area contributed by atoms with Gasteiger partial charge in [0.2, 0.25) is 0 Å². The van der Waals surface area contributed by atoms with E-state index in [0.717, 1.165) is 64.2 Å². The maximum Gasteiger partial charge on any atom is 0.303 e. The fourth-order valence-corrected chi connectivity index (χ4v) is 7.59. The molecule has 0 bridgehead atoms. The van der Waals surface area contributed by atoms with E-state index >= 15 is 0 Å². The van der Waals surface area contributed by atoms with E-state index in [0.29, 0.717) is 24.3 Å². The Balaban J connectivity index is 1.11. The lowest BCUT2D eigenvalue weighted by molar-refractivity contribution is -0.139. The van der Waals surface area contributed by atoms with Crippen molar-refractivity contribution in [3.8, 4) is 5.75 Å². The number of carboxylic acid groups (broad SMARTS) is 1. The second-order valence-corrected chi connectivity index (χ2v) is 12.0. The number of piperidine rings is 1. The lowest BCUT2D eigenvalue weighted by Gasteiger charge is -2.38. The maximum absolute atomic E-state index is 11.6. The number of carbonyl (C=O) groups is 1. The molecule has 0 amide bonds. The lowest BCUT2D eigenvalue weighted by Crippen LogP contribution is -2.43. The zero-order valence-corrected chi connectivity index (χ0v) is 23.0. The van der Waals surface area contributed by atoms with Crippen molar-refractivity contribution in [1.29, 1.82) is 0 Å². The van der Waals surface area contributed by atoms with E-state index in [1.165, 1.54) is 29.2 Å². The molecule has 39 heavy (non-hydrogen) atoms. The molecule has 2 saturated heterocycles. The van der Waals surface area contributed by atoms with Gasteiger partial charge in [-0.1, -0.05) is 79.6 Å². The number of hydrogen-bond acceptors (Lipinski definition) is 4. The van der Waals surface area contributed by atoms with Crippen molar-refractivity contribution in [3.05, 3.63) is 78.4 Å². The minimum atomic E-state index is -0.643. The zero-order valence-electron chi connectivity index (χ0n) is 23.0. The molecule has 206 valence electrons. The van der Waals surface area contributed by atoms with E-state index in [2.05, 4.69) is 82.6 Å². The number of hydrogen-bond donors (Lipinski definition) is 1. The molecular weight excluding hydrogens is 484 g/mol. The molecule has 5 nitrogen and oxygen atoms in total. The van der Waals surface area contributed by atoms with Gasteiger partial charge in [0.1, 0.15) is 11.9 Å². The molecule has 1 saturated carbocycles. The Morgan fingerprint density at radius 3 is 2.38 bits per heavy atom. The van der Waals surface area contributed by atoms with Crippen LogP contribution in [-0.4, -0.2) is 65.7 Å². The predicted octanol–water partition coefficient (Wildman–Crippen LogP) is 6.43. The molecule has 3 aromatic rings. The summed E-state index contributed by atoms with van der Waals surface area (Å²) in [6.07, 6.45) is 7.27. The summed E-state index contributed by atoms with van der Waals surface area (Å²) in [7, 11) is 0. The number of fused-ring (bicyclic) bond motifs is 1. The Morgan fingerprint density at radius 1 is 0.821 bits per heavy atom. The number of carboxylic acids is 1. The number of nitrogens with zero attached hydrogens (tertiary/aromatic N) is 2. The van der Waals surface area contributed by atoms with Crippen LogP contribution in [0.1, 0.15) is 56.4 Å². The number of aliphatic carboxylic acids is 1. The Bertz CT molecular complexity index is 1230. The highest BCUT2D eigenvalue weighted by molar-refractivity contribution is 5.88. The lowest BCUT2D eigenvalue weighted by atomic mass is 9.81. The molecular formula is C34H42N2O3. The number of ether oxygens (including phenoxy) is 1. The summed E-state index contributed by atoms with van der Waals surface area (Å²) >= 11 is 0. The number of benzene rings is 3. The first kappa shape index (κ1) is 26.3. The molecule has 4 atom stereocenters. The highest BCUT2D eigenvalue weighted by Crippen LogP contribution is 2.40. The summed E-state index contributed by atoms with van der Waals surface area (Å²) in [4.78, 5) is 16.9. The van der Waals surface area contributed by atoms with E-state index < -0.39 is 5.97 Å². The molecule has 6 rings (SSSR count). The van der Waals surface area contributed by atoms with Gasteiger partial charge in [0.15, 0.2) is 0 Å². The van der Waals surface area contributed by atoms with Gasteiger partial charge in [0.05, 0.1) is 0 Å². The SMILES string of the molecule is O=C(O)CC1CCCCC1N1CC(CN2CCC(Oc3cccc4ccccc34)CC2)C(c2ccccc2)C1. The molecule has 0 aromatic heterocycles. The molecule has 2 aliphatic heterocycles. The summed E-state index contributed by atoms with van der Waals surface area (Å²) in [5.41, 5.74) is 1.43. The standard InChI is InChI=1S/C34H42N2O3/c37-34(38)21-27-12-5-7-15-32(27)36-23-28(31(24-36)26-9-2-1-3-10-26)22-35-19-17-29(18-20-35)39-33-16-8-13-25-11-4-6-14-30(25)33/h1-4,6,8-11,13-14,16,27-29,31-32H,5,7,12,15,17-24H2,(H,37,38). The molecule has 4 unspecified atom stereocenters. The van der Waals surface area contributed by atoms with Crippen molar-refractivity contribution in [1.82, 2.24) is 9.80 Å². The zero-order chi connectivity index (χ0) is 26.6. The molecule has 2 heterocycles. The molecule has 1 aliphatic carbocycles. The third-order valence-electron chi connectivity index (χ3n) is 9.54. The molecule has 1 N–H and O–H groups in total. The fraction of sp³-hybridized carbons (Fsp3) is 0.500. The van der Waals surface area contributed by atoms with Crippen LogP contribution in [0.25, 0.3) is 10.8 Å². The molecule has 0 radical (unpaired) electrons. The first-order chi connectivity index (χ1) is 19.1. The van der Waals surface area contributed by atoms with Gasteiger partial charge in [-0.25, -0.2) is 0 Å². The molecule has 3 fully saturated rings. The maximum atomic E-state index is 11.6. The largest absolute Gasteiger partial charge is 0.490 e.